The van der Waals surface area contributed by atoms with Crippen LogP contribution in [0.25, 0.3) is 0 Å². The molecule has 0 saturated carbocycles. The number of aryl methyl sites for hydroxylation is 1. The third-order valence-electron chi connectivity index (χ3n) is 7.09. The maximum absolute atomic E-state index is 17.1. The minimum absolute atomic E-state index is 0.106. The van der Waals surface area contributed by atoms with Crippen LogP contribution in [0.1, 0.15) is 34.6 Å². The van der Waals surface area contributed by atoms with Crippen LogP contribution in [0.4, 0.5) is 8.78 Å². The molecule has 1 aliphatic rings. The van der Waals surface area contributed by atoms with Crippen LogP contribution in [0.3, 0.4) is 0 Å². The van der Waals surface area contributed by atoms with Crippen LogP contribution in [0.5, 0.6) is 0 Å². The molecule has 2 heterocycles. The molecule has 1 aromatic carbocycles. The van der Waals surface area contributed by atoms with Crippen molar-refractivity contribution in [1.82, 2.24) is 20.2 Å². The Morgan fingerprint density at radius 1 is 1.09 bits per heavy atom. The third-order valence-corrected chi connectivity index (χ3v) is 7.38. The molecule has 3 rings (SSSR count). The van der Waals surface area contributed by atoms with Crippen LogP contribution < -0.4 is 5.32 Å². The van der Waals surface area contributed by atoms with Gasteiger partial charge in [-0.05, 0) is 59.5 Å². The van der Waals surface area contributed by atoms with Gasteiger partial charge in [-0.25, -0.2) is 18.7 Å². The Bertz CT molecular complexity index is 1120. The van der Waals surface area contributed by atoms with Crippen LogP contribution >= 0.6 is 11.6 Å². The van der Waals surface area contributed by atoms with Crippen molar-refractivity contribution in [3.8, 4) is 0 Å². The van der Waals surface area contributed by atoms with E-state index in [-0.39, 0.29) is 29.3 Å². The third kappa shape index (κ3) is 5.41. The molecule has 1 aliphatic heterocycles. The van der Waals surface area contributed by atoms with Gasteiger partial charge in [0.2, 0.25) is 0 Å². The predicted molar refractivity (Wildman–Crippen MR) is 159 cm³/mol. The van der Waals surface area contributed by atoms with Crippen LogP contribution in [-0.2, 0) is 5.34 Å². The number of benzene rings is 1. The minimum Gasteiger partial charge on any atom is -0.359 e. The molecule has 1 fully saturated rings. The largest absolute Gasteiger partial charge is 0.359 e. The van der Waals surface area contributed by atoms with Crippen molar-refractivity contribution in [2.45, 2.75) is 46.8 Å². The van der Waals surface area contributed by atoms with E-state index < -0.39 is 32.8 Å². The summed E-state index contributed by atoms with van der Waals surface area (Å²) in [5, 5.41) is 0.0231. The Hall–Kier alpha value is -1.60. The molecule has 0 spiro atoms. The highest BCUT2D eigenvalue weighted by atomic mass is 35.5. The lowest BCUT2D eigenvalue weighted by molar-refractivity contribution is -0.0113. The van der Waals surface area contributed by atoms with Crippen molar-refractivity contribution in [3.63, 3.8) is 0 Å². The van der Waals surface area contributed by atoms with E-state index in [1.807, 2.05) is 69.7 Å². The van der Waals surface area contributed by atoms with Crippen LogP contribution in [0, 0.1) is 12.7 Å². The summed E-state index contributed by atoms with van der Waals surface area (Å²) in [6.45, 7) is 1.92. The highest BCUT2D eigenvalue weighted by Crippen LogP contribution is 2.46. The van der Waals surface area contributed by atoms with Gasteiger partial charge in [-0.3, -0.25) is 4.79 Å². The second kappa shape index (κ2) is 9.05. The van der Waals surface area contributed by atoms with Crippen molar-refractivity contribution in [2.24, 2.45) is 0 Å². The van der Waals surface area contributed by atoms with Crippen LogP contribution in [0.15, 0.2) is 30.6 Å². The van der Waals surface area contributed by atoms with Crippen LogP contribution in [-0.4, -0.2) is 105 Å². The number of aromatic nitrogens is 2. The van der Waals surface area contributed by atoms with E-state index in [1.165, 1.54) is 18.2 Å². The van der Waals surface area contributed by atoms with Gasteiger partial charge < -0.3 is 10.2 Å². The Labute approximate surface area is 219 Å². The van der Waals surface area contributed by atoms with Gasteiger partial charge in [0.1, 0.15) is 80.1 Å². The minimum atomic E-state index is -1.67. The summed E-state index contributed by atoms with van der Waals surface area (Å²) >= 11 is 5.94. The molecule has 1 N–H and O–H groups in total. The molecule has 35 heavy (non-hydrogen) atoms. The van der Waals surface area contributed by atoms with Gasteiger partial charge in [0.05, 0.1) is 5.02 Å². The average molecular weight is 489 g/mol. The smallest absolute Gasteiger partial charge is 0.252 e. The van der Waals surface area contributed by atoms with E-state index in [9.17, 15) is 9.18 Å². The molecule has 1 saturated heterocycles. The predicted octanol–water partition coefficient (Wildman–Crippen LogP) is -5.05. The zero-order chi connectivity index (χ0) is 26.6. The lowest BCUT2D eigenvalue weighted by atomic mass is 9.37. The first-order chi connectivity index (χ1) is 15.8. The Kier molecular flexibility index (Phi) is 7.24. The van der Waals surface area contributed by atoms with Crippen molar-refractivity contribution in [3.05, 3.63) is 58.4 Å². The summed E-state index contributed by atoms with van der Waals surface area (Å²) in [6.07, 6.45) is 3.72. The first kappa shape index (κ1) is 28.0. The molecule has 1 aromatic heterocycles. The molecule has 1 amide bonds. The fourth-order valence-electron chi connectivity index (χ4n) is 5.83. The molecule has 0 bridgehead atoms. The number of carbonyl (C=O) groups is 1. The van der Waals surface area contributed by atoms with Gasteiger partial charge >= 0.3 is 0 Å². The van der Waals surface area contributed by atoms with E-state index in [0.717, 1.165) is 5.56 Å². The second-order valence-electron chi connectivity index (χ2n) is 12.2. The van der Waals surface area contributed by atoms with Crippen molar-refractivity contribution in [1.29, 1.82) is 0 Å². The van der Waals surface area contributed by atoms with E-state index in [2.05, 4.69) is 15.3 Å². The lowest BCUT2D eigenvalue weighted by Crippen LogP contribution is -2.78. The first-order valence-corrected chi connectivity index (χ1v) is 12.3. The van der Waals surface area contributed by atoms with E-state index in [1.54, 1.807) is 17.3 Å². The number of hydrogen-bond acceptors (Lipinski definition) is 4. The molecule has 0 radical (unpaired) electrons. The SMILES string of the molecule is BC(B)(NC(B)(B)C1(F)CC(B)(B)N(C(=O)c2ccc(F)c(Cl)c2)C(B)(B)C1)c1ncc(C)cn1. The summed E-state index contributed by atoms with van der Waals surface area (Å²) in [5.74, 6) is -0.307. The molecule has 0 unspecified atom stereocenters. The van der Waals surface area contributed by atoms with Gasteiger partial charge in [0, 0.05) is 23.3 Å². The lowest BCUT2D eigenvalue weighted by Gasteiger charge is -2.62. The molecule has 16 heteroatoms. The Morgan fingerprint density at radius 3 is 2.09 bits per heavy atom. The maximum Gasteiger partial charge on any atom is 0.252 e. The summed E-state index contributed by atoms with van der Waals surface area (Å²) < 4.78 is 30.8. The topological polar surface area (TPSA) is 58.1 Å². The van der Waals surface area contributed by atoms with Gasteiger partial charge in [0.25, 0.3) is 5.91 Å². The van der Waals surface area contributed by atoms with Gasteiger partial charge in [-0.1, -0.05) is 11.6 Å². The average Bonchev–Trinajstić information content (AvgIpc) is 2.67. The molecule has 0 atom stereocenters. The van der Waals surface area contributed by atoms with Gasteiger partial charge in [0.15, 0.2) is 0 Å². The molecule has 2 aromatic rings. The zero-order valence-electron chi connectivity index (χ0n) is 22.2. The number of rotatable bonds is 5. The standard InChI is InChI=1S/C19H29B8ClF2N4O/c1-9-5-31-14(32-6-9)18(24,25)33-19(26,27)15(30)7-16(20,21)34(17(22,23)8-15)13(35)10-2-3-12(29)11(28)4-10/h2-6,33H,7-8,20-27H2,1H3. The summed E-state index contributed by atoms with van der Waals surface area (Å²) in [5.41, 5.74) is -0.438. The number of halogens is 3. The highest BCUT2D eigenvalue weighted by molar-refractivity contribution is 6.48. The summed E-state index contributed by atoms with van der Waals surface area (Å²) in [7, 11) is 15.1. The molecular formula is C19H29B8ClF2N4O. The van der Waals surface area contributed by atoms with E-state index in [0.29, 0.717) is 5.82 Å². The number of likely N-dealkylation sites (tertiary alicyclic amines) is 1. The Morgan fingerprint density at radius 2 is 1.60 bits per heavy atom. The second-order valence-corrected chi connectivity index (χ2v) is 12.6. The van der Waals surface area contributed by atoms with Crippen molar-refractivity contribution in [2.75, 3.05) is 0 Å². The molecule has 176 valence electrons. The first-order valence-electron chi connectivity index (χ1n) is 11.9. The zero-order valence-corrected chi connectivity index (χ0v) is 22.9. The van der Waals surface area contributed by atoms with E-state index in [4.69, 9.17) is 11.6 Å². The summed E-state index contributed by atoms with van der Waals surface area (Å²) in [4.78, 5) is 24.2. The number of piperidine rings is 1. The molecule has 5 nitrogen and oxygen atoms in total. The van der Waals surface area contributed by atoms with Gasteiger partial charge in [-0.2, -0.15) is 0 Å². The quantitative estimate of drug-likeness (QED) is 0.428. The number of amides is 1. The number of hydrogen-bond donors (Lipinski definition) is 1. The number of nitrogens with zero attached hydrogens (tertiary/aromatic N) is 3. The fraction of sp³-hybridized carbons (Fsp3) is 0.421. The normalized spacial score (nSPS) is 19.3. The molecular weight excluding hydrogens is 460 g/mol. The molecule has 0 aliphatic carbocycles. The monoisotopic (exact) mass is 490 g/mol. The van der Waals surface area contributed by atoms with Crippen molar-refractivity contribution < 1.29 is 13.6 Å². The number of nitrogens with one attached hydrogen (secondary N) is 1. The highest BCUT2D eigenvalue weighted by Gasteiger charge is 2.59. The number of alkyl halides is 1. The van der Waals surface area contributed by atoms with Crippen molar-refractivity contribution >= 4 is 80.3 Å². The van der Waals surface area contributed by atoms with E-state index >= 15 is 4.39 Å². The fourth-order valence-corrected chi connectivity index (χ4v) is 6.01. The van der Waals surface area contributed by atoms with Crippen LogP contribution in [0.2, 0.25) is 5.02 Å². The van der Waals surface area contributed by atoms with Gasteiger partial charge in [-0.15, -0.1) is 0 Å². The number of carbonyl (C=O) groups excluding carboxylic acids is 1. The Balaban J connectivity index is 1.94. The summed E-state index contributed by atoms with van der Waals surface area (Å²) in [6, 6.07) is 3.93. The maximum atomic E-state index is 17.1.